The lowest BCUT2D eigenvalue weighted by atomic mass is 10.2. The first kappa shape index (κ1) is 23.6. The molecule has 12 heteroatoms. The molecule has 32 heavy (non-hydrogen) atoms. The van der Waals surface area contributed by atoms with E-state index < -0.39 is 21.8 Å². The van der Waals surface area contributed by atoms with E-state index in [2.05, 4.69) is 15.6 Å². The quantitative estimate of drug-likeness (QED) is 0.482. The van der Waals surface area contributed by atoms with E-state index in [0.717, 1.165) is 5.56 Å². The van der Waals surface area contributed by atoms with Gasteiger partial charge in [0.2, 0.25) is 15.9 Å². The first-order valence-electron chi connectivity index (χ1n) is 9.60. The minimum Gasteiger partial charge on any atom is -0.486 e. The van der Waals surface area contributed by atoms with Gasteiger partial charge < -0.3 is 14.2 Å². The van der Waals surface area contributed by atoms with Crippen LogP contribution in [0.15, 0.2) is 41.3 Å². The summed E-state index contributed by atoms with van der Waals surface area (Å²) in [4.78, 5) is 23.7. The summed E-state index contributed by atoms with van der Waals surface area (Å²) in [7, 11) is -3.85. The van der Waals surface area contributed by atoms with E-state index in [1.54, 1.807) is 25.1 Å². The van der Waals surface area contributed by atoms with Crippen molar-refractivity contribution in [2.24, 2.45) is 0 Å². The monoisotopic (exact) mass is 483 g/mol. The van der Waals surface area contributed by atoms with Crippen LogP contribution in [0.1, 0.15) is 12.0 Å². The number of sulfonamides is 1. The van der Waals surface area contributed by atoms with E-state index in [1.807, 2.05) is 0 Å². The van der Waals surface area contributed by atoms with E-state index in [9.17, 15) is 18.0 Å². The minimum atomic E-state index is -3.85. The fraction of sp³-hybridized carbons (Fsp3) is 0.300. The number of hydrogen-bond acceptors (Lipinski definition) is 7. The number of aryl methyl sites for hydroxylation is 1. The number of benzene rings is 2. The van der Waals surface area contributed by atoms with Crippen LogP contribution in [0.5, 0.6) is 17.2 Å². The zero-order valence-electron chi connectivity index (χ0n) is 17.1. The lowest BCUT2D eigenvalue weighted by Gasteiger charge is -2.18. The molecule has 0 fully saturated rings. The average Bonchev–Trinajstić information content (AvgIpc) is 2.78. The van der Waals surface area contributed by atoms with Crippen molar-refractivity contribution in [2.75, 3.05) is 26.4 Å². The van der Waals surface area contributed by atoms with Gasteiger partial charge in [0, 0.05) is 24.1 Å². The van der Waals surface area contributed by atoms with Gasteiger partial charge in [0.1, 0.15) is 19.0 Å². The highest BCUT2D eigenvalue weighted by molar-refractivity contribution is 7.89. The van der Waals surface area contributed by atoms with Crippen molar-refractivity contribution in [1.29, 1.82) is 0 Å². The summed E-state index contributed by atoms with van der Waals surface area (Å²) in [5.74, 6) is 0.117. The number of hydrazine groups is 1. The summed E-state index contributed by atoms with van der Waals surface area (Å²) in [6.07, 6.45) is -0.193. The van der Waals surface area contributed by atoms with Crippen molar-refractivity contribution < 1.29 is 32.2 Å². The highest BCUT2D eigenvalue weighted by Crippen LogP contribution is 2.32. The van der Waals surface area contributed by atoms with Crippen LogP contribution in [0.4, 0.5) is 0 Å². The average molecular weight is 484 g/mol. The number of nitrogens with one attached hydrogen (secondary N) is 3. The SMILES string of the molecule is Cc1cc(OCC(=O)NNC(=O)CCNS(=O)(=O)c2ccc3c(c2)OCCO3)ccc1Cl. The highest BCUT2D eigenvalue weighted by Gasteiger charge is 2.19. The molecule has 1 heterocycles. The van der Waals surface area contributed by atoms with Gasteiger partial charge in [-0.15, -0.1) is 0 Å². The van der Waals surface area contributed by atoms with Crippen molar-refractivity contribution in [1.82, 2.24) is 15.6 Å². The zero-order chi connectivity index (χ0) is 23.1. The summed E-state index contributed by atoms with van der Waals surface area (Å²) in [6.45, 7) is 2.05. The Balaban J connectivity index is 1.39. The van der Waals surface area contributed by atoms with Gasteiger partial charge in [0.05, 0.1) is 4.90 Å². The maximum Gasteiger partial charge on any atom is 0.276 e. The maximum atomic E-state index is 12.4. The Labute approximate surface area is 190 Å². The van der Waals surface area contributed by atoms with Crippen molar-refractivity contribution in [3.8, 4) is 17.2 Å². The summed E-state index contributed by atoms with van der Waals surface area (Å²) in [5, 5.41) is 0.582. The van der Waals surface area contributed by atoms with Crippen LogP contribution >= 0.6 is 11.6 Å². The predicted molar refractivity (Wildman–Crippen MR) is 115 cm³/mol. The molecule has 0 aromatic heterocycles. The van der Waals surface area contributed by atoms with E-state index in [1.165, 1.54) is 18.2 Å². The molecule has 1 aliphatic rings. The smallest absolute Gasteiger partial charge is 0.276 e. The standard InChI is InChI=1S/C20H22ClN3O7S/c1-13-10-14(2-4-16(13)21)31-12-20(26)24-23-19(25)6-7-22-32(27,28)15-3-5-17-18(11-15)30-9-8-29-17/h2-5,10-11,22H,6-9,12H2,1H3,(H,23,25)(H,24,26). The van der Waals surface area contributed by atoms with Crippen molar-refractivity contribution >= 4 is 33.4 Å². The Morgan fingerprint density at radius 1 is 1.03 bits per heavy atom. The molecule has 3 rings (SSSR count). The van der Waals surface area contributed by atoms with Gasteiger partial charge in [-0.3, -0.25) is 20.4 Å². The Morgan fingerprint density at radius 2 is 1.75 bits per heavy atom. The third-order valence-electron chi connectivity index (χ3n) is 4.31. The molecule has 2 amide bonds. The molecule has 10 nitrogen and oxygen atoms in total. The first-order chi connectivity index (χ1) is 15.2. The second kappa shape index (κ2) is 10.5. The van der Waals surface area contributed by atoms with E-state index in [0.29, 0.717) is 35.5 Å². The summed E-state index contributed by atoms with van der Waals surface area (Å²) >= 11 is 5.93. The number of ether oxygens (including phenoxy) is 3. The summed E-state index contributed by atoms with van der Waals surface area (Å²) < 4.78 is 43.2. The van der Waals surface area contributed by atoms with Crippen LogP contribution in [0.3, 0.4) is 0 Å². The molecule has 0 saturated carbocycles. The molecule has 0 saturated heterocycles. The lowest BCUT2D eigenvalue weighted by Crippen LogP contribution is -2.44. The van der Waals surface area contributed by atoms with E-state index in [4.69, 9.17) is 25.8 Å². The molecule has 2 aromatic carbocycles. The van der Waals surface area contributed by atoms with Crippen molar-refractivity contribution in [3.05, 3.63) is 47.0 Å². The topological polar surface area (TPSA) is 132 Å². The van der Waals surface area contributed by atoms with Crippen LogP contribution < -0.4 is 29.8 Å². The number of amides is 2. The molecule has 0 unspecified atom stereocenters. The van der Waals surface area contributed by atoms with Crippen molar-refractivity contribution in [2.45, 2.75) is 18.2 Å². The summed E-state index contributed by atoms with van der Waals surface area (Å²) in [5.41, 5.74) is 5.19. The largest absolute Gasteiger partial charge is 0.486 e. The minimum absolute atomic E-state index is 0.00922. The maximum absolute atomic E-state index is 12.4. The van der Waals surface area contributed by atoms with Crippen molar-refractivity contribution in [3.63, 3.8) is 0 Å². The molecule has 0 aliphatic carbocycles. The van der Waals surface area contributed by atoms with Crippen LogP contribution in [0.2, 0.25) is 5.02 Å². The van der Waals surface area contributed by atoms with Gasteiger partial charge >= 0.3 is 0 Å². The first-order valence-corrected chi connectivity index (χ1v) is 11.5. The van der Waals surface area contributed by atoms with E-state index in [-0.39, 0.29) is 24.5 Å². The Kier molecular flexibility index (Phi) is 7.78. The molecule has 172 valence electrons. The van der Waals surface area contributed by atoms with Crippen LogP contribution in [-0.2, 0) is 19.6 Å². The van der Waals surface area contributed by atoms with Gasteiger partial charge in [-0.2, -0.15) is 0 Å². The van der Waals surface area contributed by atoms with Gasteiger partial charge in [-0.1, -0.05) is 11.6 Å². The number of rotatable bonds is 8. The van der Waals surface area contributed by atoms with Gasteiger partial charge in [0.15, 0.2) is 18.1 Å². The fourth-order valence-electron chi connectivity index (χ4n) is 2.67. The molecule has 0 radical (unpaired) electrons. The lowest BCUT2D eigenvalue weighted by molar-refractivity contribution is -0.129. The number of carbonyl (C=O) groups is 2. The fourth-order valence-corrected chi connectivity index (χ4v) is 3.83. The third-order valence-corrected chi connectivity index (χ3v) is 6.19. The normalized spacial score (nSPS) is 12.7. The molecule has 2 aromatic rings. The van der Waals surface area contributed by atoms with Crippen LogP contribution in [-0.4, -0.2) is 46.6 Å². The Morgan fingerprint density at radius 3 is 2.50 bits per heavy atom. The molecular formula is C20H22ClN3O7S. The Bertz CT molecular complexity index is 1110. The molecular weight excluding hydrogens is 462 g/mol. The van der Waals surface area contributed by atoms with E-state index >= 15 is 0 Å². The molecule has 0 bridgehead atoms. The second-order valence-electron chi connectivity index (χ2n) is 6.75. The summed E-state index contributed by atoms with van der Waals surface area (Å²) in [6, 6.07) is 9.21. The Hall–Kier alpha value is -3.02. The molecule has 3 N–H and O–H groups in total. The van der Waals surface area contributed by atoms with Crippen LogP contribution in [0.25, 0.3) is 0 Å². The number of halogens is 1. The number of carbonyl (C=O) groups excluding carboxylic acids is 2. The van der Waals surface area contributed by atoms with Gasteiger partial charge in [-0.05, 0) is 42.8 Å². The van der Waals surface area contributed by atoms with Crippen LogP contribution in [0, 0.1) is 6.92 Å². The highest BCUT2D eigenvalue weighted by atomic mass is 35.5. The third kappa shape index (κ3) is 6.49. The molecule has 0 spiro atoms. The molecule has 1 aliphatic heterocycles. The zero-order valence-corrected chi connectivity index (χ0v) is 18.7. The van der Waals surface area contributed by atoms with Gasteiger partial charge in [0.25, 0.3) is 5.91 Å². The molecule has 0 atom stereocenters. The number of hydrogen-bond donors (Lipinski definition) is 3. The second-order valence-corrected chi connectivity index (χ2v) is 8.92. The van der Waals surface area contributed by atoms with Gasteiger partial charge in [-0.25, -0.2) is 13.1 Å². The predicted octanol–water partition coefficient (Wildman–Crippen LogP) is 1.31. The number of fused-ring (bicyclic) bond motifs is 1.